The lowest BCUT2D eigenvalue weighted by Crippen LogP contribution is -2.11. The van der Waals surface area contributed by atoms with Gasteiger partial charge in [0.05, 0.1) is 6.42 Å². The smallest absolute Gasteiger partial charge is 0.228 e. The van der Waals surface area contributed by atoms with E-state index < -0.39 is 0 Å². The highest BCUT2D eigenvalue weighted by Gasteiger charge is 2.28. The van der Waals surface area contributed by atoms with E-state index in [0.29, 0.717) is 6.42 Å². The molecular formula is C21H19NO. The molecule has 1 heterocycles. The van der Waals surface area contributed by atoms with E-state index in [1.54, 1.807) is 0 Å². The predicted molar refractivity (Wildman–Crippen MR) is 95.3 cm³/mol. The third-order valence-electron chi connectivity index (χ3n) is 4.72. The minimum absolute atomic E-state index is 0.0714. The van der Waals surface area contributed by atoms with Gasteiger partial charge in [-0.15, -0.1) is 6.58 Å². The zero-order valence-electron chi connectivity index (χ0n) is 13.3. The fourth-order valence-electron chi connectivity index (χ4n) is 3.64. The number of allylic oxidation sites excluding steroid dienone is 2. The summed E-state index contributed by atoms with van der Waals surface area (Å²) in [6, 6.07) is 12.9. The van der Waals surface area contributed by atoms with E-state index in [2.05, 4.69) is 49.2 Å². The number of anilines is 1. The number of fused-ring (bicyclic) bond motifs is 4. The summed E-state index contributed by atoms with van der Waals surface area (Å²) >= 11 is 0. The second kappa shape index (κ2) is 5.24. The first-order valence-electron chi connectivity index (χ1n) is 8.01. The zero-order chi connectivity index (χ0) is 16.0. The van der Waals surface area contributed by atoms with Crippen molar-refractivity contribution in [3.63, 3.8) is 0 Å². The van der Waals surface area contributed by atoms with Gasteiger partial charge >= 0.3 is 0 Å². The molecule has 0 spiro atoms. The molecule has 0 fully saturated rings. The van der Waals surface area contributed by atoms with Crippen LogP contribution in [0.15, 0.2) is 49.1 Å². The standard InChI is InChI=1S/C21H19NO/c1-3-4-14-6-8-20-19(10-14)17-11-15-7-5-13(2)9-16(15)18(17)12-21(23)22-20/h3,5-10H,1,4,11-12H2,2H3,(H,22,23). The molecule has 0 radical (unpaired) electrons. The summed E-state index contributed by atoms with van der Waals surface area (Å²) in [5.41, 5.74) is 9.63. The zero-order valence-corrected chi connectivity index (χ0v) is 13.3. The first kappa shape index (κ1) is 14.0. The lowest BCUT2D eigenvalue weighted by Gasteiger charge is -2.11. The summed E-state index contributed by atoms with van der Waals surface area (Å²) in [6.07, 6.45) is 4.12. The van der Waals surface area contributed by atoms with Gasteiger partial charge in [-0.1, -0.05) is 35.9 Å². The average Bonchev–Trinajstić information content (AvgIpc) is 2.80. The molecule has 2 aromatic carbocycles. The molecule has 0 bridgehead atoms. The molecule has 4 rings (SSSR count). The van der Waals surface area contributed by atoms with Crippen molar-refractivity contribution in [2.75, 3.05) is 5.32 Å². The van der Waals surface area contributed by atoms with Crippen molar-refractivity contribution in [1.82, 2.24) is 0 Å². The van der Waals surface area contributed by atoms with Crippen molar-refractivity contribution in [3.05, 3.63) is 76.9 Å². The highest BCUT2D eigenvalue weighted by Crippen LogP contribution is 2.44. The van der Waals surface area contributed by atoms with Crippen LogP contribution in [-0.4, -0.2) is 5.91 Å². The summed E-state index contributed by atoms with van der Waals surface area (Å²) in [5, 5.41) is 3.06. The Balaban J connectivity index is 1.92. The number of amides is 1. The third kappa shape index (κ3) is 2.31. The normalized spacial score (nSPS) is 15.4. The van der Waals surface area contributed by atoms with Gasteiger partial charge in [-0.2, -0.15) is 0 Å². The molecule has 0 atom stereocenters. The number of carbonyl (C=O) groups excluding carboxylic acids is 1. The molecule has 2 aliphatic rings. The molecule has 23 heavy (non-hydrogen) atoms. The van der Waals surface area contributed by atoms with Crippen molar-refractivity contribution in [2.45, 2.75) is 26.2 Å². The first-order valence-corrected chi connectivity index (χ1v) is 8.01. The quantitative estimate of drug-likeness (QED) is 0.811. The number of aryl methyl sites for hydroxylation is 1. The Morgan fingerprint density at radius 1 is 1.09 bits per heavy atom. The maximum Gasteiger partial charge on any atom is 0.228 e. The van der Waals surface area contributed by atoms with Crippen LogP contribution in [0.25, 0.3) is 11.1 Å². The van der Waals surface area contributed by atoms with Gasteiger partial charge in [0.1, 0.15) is 0 Å². The number of rotatable bonds is 2. The number of carbonyl (C=O) groups is 1. The van der Waals surface area contributed by atoms with Crippen molar-refractivity contribution < 1.29 is 4.79 Å². The van der Waals surface area contributed by atoms with Crippen LogP contribution in [0.4, 0.5) is 5.69 Å². The van der Waals surface area contributed by atoms with Gasteiger partial charge in [-0.05, 0) is 59.7 Å². The molecular weight excluding hydrogens is 282 g/mol. The Morgan fingerprint density at radius 2 is 1.91 bits per heavy atom. The largest absolute Gasteiger partial charge is 0.325 e. The van der Waals surface area contributed by atoms with Gasteiger partial charge in [0.25, 0.3) is 0 Å². The summed E-state index contributed by atoms with van der Waals surface area (Å²) in [4.78, 5) is 12.3. The van der Waals surface area contributed by atoms with Crippen LogP contribution in [0.1, 0.15) is 34.2 Å². The summed E-state index contributed by atoms with van der Waals surface area (Å²) in [7, 11) is 0. The molecule has 0 saturated carbocycles. The third-order valence-corrected chi connectivity index (χ3v) is 4.72. The summed E-state index contributed by atoms with van der Waals surface area (Å²) < 4.78 is 0. The summed E-state index contributed by atoms with van der Waals surface area (Å²) in [6.45, 7) is 5.93. The second-order valence-corrected chi connectivity index (χ2v) is 6.39. The molecule has 1 aliphatic heterocycles. The van der Waals surface area contributed by atoms with Crippen LogP contribution in [-0.2, 0) is 17.6 Å². The van der Waals surface area contributed by atoms with Crippen LogP contribution >= 0.6 is 0 Å². The van der Waals surface area contributed by atoms with Crippen LogP contribution < -0.4 is 5.32 Å². The predicted octanol–water partition coefficient (Wildman–Crippen LogP) is 4.53. The highest BCUT2D eigenvalue weighted by molar-refractivity contribution is 6.12. The van der Waals surface area contributed by atoms with E-state index in [4.69, 9.17) is 0 Å². The molecule has 2 nitrogen and oxygen atoms in total. The topological polar surface area (TPSA) is 29.1 Å². The Labute approximate surface area is 136 Å². The Hall–Kier alpha value is -2.61. The number of hydrogen-bond donors (Lipinski definition) is 1. The minimum Gasteiger partial charge on any atom is -0.325 e. The lowest BCUT2D eigenvalue weighted by molar-refractivity contribution is -0.115. The SMILES string of the molecule is C=CCc1ccc2c(c1)C1=C(CC(=O)N2)c2cc(C)ccc2C1. The van der Waals surface area contributed by atoms with Crippen LogP contribution in [0.2, 0.25) is 0 Å². The van der Waals surface area contributed by atoms with Crippen LogP contribution in [0, 0.1) is 6.92 Å². The molecule has 2 aromatic rings. The van der Waals surface area contributed by atoms with E-state index >= 15 is 0 Å². The summed E-state index contributed by atoms with van der Waals surface area (Å²) in [5.74, 6) is 0.0714. The lowest BCUT2D eigenvalue weighted by atomic mass is 9.96. The van der Waals surface area contributed by atoms with Gasteiger partial charge in [0.2, 0.25) is 5.91 Å². The molecule has 1 aliphatic carbocycles. The van der Waals surface area contributed by atoms with E-state index in [-0.39, 0.29) is 5.91 Å². The van der Waals surface area contributed by atoms with Crippen molar-refractivity contribution in [1.29, 1.82) is 0 Å². The molecule has 0 saturated heterocycles. The molecule has 2 heteroatoms. The molecule has 0 unspecified atom stereocenters. The molecule has 1 N–H and O–H groups in total. The van der Waals surface area contributed by atoms with Gasteiger partial charge < -0.3 is 5.32 Å². The Morgan fingerprint density at radius 3 is 2.74 bits per heavy atom. The Bertz CT molecular complexity index is 873. The maximum absolute atomic E-state index is 12.3. The van der Waals surface area contributed by atoms with Gasteiger partial charge in [0.15, 0.2) is 0 Å². The van der Waals surface area contributed by atoms with Crippen molar-refractivity contribution >= 4 is 22.7 Å². The monoisotopic (exact) mass is 301 g/mol. The van der Waals surface area contributed by atoms with E-state index in [1.807, 2.05) is 12.1 Å². The van der Waals surface area contributed by atoms with Crippen LogP contribution in [0.3, 0.4) is 0 Å². The van der Waals surface area contributed by atoms with Gasteiger partial charge in [0, 0.05) is 11.3 Å². The second-order valence-electron chi connectivity index (χ2n) is 6.39. The average molecular weight is 301 g/mol. The fraction of sp³-hybridized carbons (Fsp3) is 0.190. The molecule has 1 amide bonds. The number of benzene rings is 2. The molecule has 114 valence electrons. The Kier molecular flexibility index (Phi) is 3.19. The van der Waals surface area contributed by atoms with E-state index in [1.165, 1.54) is 39.0 Å². The van der Waals surface area contributed by atoms with Crippen molar-refractivity contribution in [3.8, 4) is 0 Å². The number of hydrogen-bond acceptors (Lipinski definition) is 1. The van der Waals surface area contributed by atoms with Crippen LogP contribution in [0.5, 0.6) is 0 Å². The van der Waals surface area contributed by atoms with Crippen molar-refractivity contribution in [2.24, 2.45) is 0 Å². The van der Waals surface area contributed by atoms with E-state index in [9.17, 15) is 4.79 Å². The van der Waals surface area contributed by atoms with E-state index in [0.717, 1.165) is 18.5 Å². The number of nitrogens with one attached hydrogen (secondary N) is 1. The fourth-order valence-corrected chi connectivity index (χ4v) is 3.64. The molecule has 0 aromatic heterocycles. The van der Waals surface area contributed by atoms with Gasteiger partial charge in [-0.25, -0.2) is 0 Å². The minimum atomic E-state index is 0.0714. The maximum atomic E-state index is 12.3. The first-order chi connectivity index (χ1) is 11.2. The van der Waals surface area contributed by atoms with Gasteiger partial charge in [-0.3, -0.25) is 4.79 Å². The highest BCUT2D eigenvalue weighted by atomic mass is 16.1.